The molecule has 0 unspecified atom stereocenters. The number of nitro benzene ring substituents is 1. The third kappa shape index (κ3) is 4.85. The minimum absolute atomic E-state index is 0.0649. The van der Waals surface area contributed by atoms with Crippen molar-refractivity contribution >= 4 is 23.6 Å². The Labute approximate surface area is 184 Å². The highest BCUT2D eigenvalue weighted by molar-refractivity contribution is 5.95. The molecule has 3 amide bonds. The van der Waals surface area contributed by atoms with E-state index in [4.69, 9.17) is 10.5 Å². The number of hydrogen-bond donors (Lipinski definition) is 2. The van der Waals surface area contributed by atoms with Gasteiger partial charge in [-0.05, 0) is 36.6 Å². The number of carbonyl (C=O) groups is 3. The molecule has 168 valence electrons. The van der Waals surface area contributed by atoms with Crippen molar-refractivity contribution < 1.29 is 24.0 Å². The second-order valence-corrected chi connectivity index (χ2v) is 7.67. The van der Waals surface area contributed by atoms with Crippen LogP contribution in [-0.4, -0.2) is 45.9 Å². The molecule has 2 aromatic carbocycles. The molecule has 10 nitrogen and oxygen atoms in total. The zero-order chi connectivity index (χ0) is 23.3. The summed E-state index contributed by atoms with van der Waals surface area (Å²) >= 11 is 0. The topological polar surface area (TPSA) is 145 Å². The highest BCUT2D eigenvalue weighted by Gasteiger charge is 2.54. The molecule has 1 fully saturated rings. The van der Waals surface area contributed by atoms with E-state index in [9.17, 15) is 24.5 Å². The summed E-state index contributed by atoms with van der Waals surface area (Å²) in [7, 11) is 0. The van der Waals surface area contributed by atoms with Crippen molar-refractivity contribution in [2.45, 2.75) is 38.0 Å². The van der Waals surface area contributed by atoms with Gasteiger partial charge in [0.1, 0.15) is 18.2 Å². The zero-order valence-corrected chi connectivity index (χ0v) is 17.5. The van der Waals surface area contributed by atoms with Crippen molar-refractivity contribution in [2.24, 2.45) is 5.73 Å². The fraction of sp³-hybridized carbons (Fsp3) is 0.318. The number of carbonyl (C=O) groups excluding carboxylic acids is 3. The molecule has 2 aromatic rings. The molecule has 3 N–H and O–H groups in total. The first-order valence-electron chi connectivity index (χ1n) is 10.0. The summed E-state index contributed by atoms with van der Waals surface area (Å²) in [6.07, 6.45) is -0.0451. The number of non-ortho nitro benzene ring substituents is 1. The van der Waals surface area contributed by atoms with E-state index in [2.05, 4.69) is 5.32 Å². The Hall–Kier alpha value is -3.95. The van der Waals surface area contributed by atoms with E-state index in [1.54, 1.807) is 0 Å². The average molecular weight is 440 g/mol. The average Bonchev–Trinajstić information content (AvgIpc) is 2.76. The van der Waals surface area contributed by atoms with Crippen LogP contribution >= 0.6 is 0 Å². The summed E-state index contributed by atoms with van der Waals surface area (Å²) in [4.78, 5) is 49.0. The van der Waals surface area contributed by atoms with Crippen LogP contribution in [0.25, 0.3) is 0 Å². The number of nitrogens with zero attached hydrogens (tertiary/aromatic N) is 2. The lowest BCUT2D eigenvalue weighted by molar-refractivity contribution is -0.384. The van der Waals surface area contributed by atoms with Gasteiger partial charge in [-0.15, -0.1) is 0 Å². The number of primary amides is 1. The first-order chi connectivity index (χ1) is 15.2. The van der Waals surface area contributed by atoms with E-state index < -0.39 is 34.4 Å². The van der Waals surface area contributed by atoms with Gasteiger partial charge in [0.25, 0.3) is 5.69 Å². The smallest absolute Gasteiger partial charge is 0.411 e. The van der Waals surface area contributed by atoms with Crippen LogP contribution in [-0.2, 0) is 27.4 Å². The van der Waals surface area contributed by atoms with Crippen LogP contribution in [0.1, 0.15) is 24.5 Å². The van der Waals surface area contributed by atoms with E-state index >= 15 is 0 Å². The maximum Gasteiger partial charge on any atom is 0.411 e. The van der Waals surface area contributed by atoms with Crippen LogP contribution in [0.2, 0.25) is 0 Å². The van der Waals surface area contributed by atoms with Crippen molar-refractivity contribution in [1.29, 1.82) is 0 Å². The molecule has 0 aliphatic carbocycles. The van der Waals surface area contributed by atoms with Gasteiger partial charge in [0.2, 0.25) is 11.8 Å². The quantitative estimate of drug-likeness (QED) is 0.474. The standard InChI is InChI=1S/C22H24N4O6/c1-15(19(23)27)24-20(28)22(13-16-5-3-2-4-6-16)11-12-25(22)21(29)32-14-17-7-9-18(10-8-17)26(30)31/h2-10,15H,11-14H2,1H3,(H2,23,27)(H,24,28)/t15-,22+/m0/s1. The van der Waals surface area contributed by atoms with Crippen molar-refractivity contribution in [3.8, 4) is 0 Å². The molecule has 0 spiro atoms. The number of hydrogen-bond acceptors (Lipinski definition) is 6. The predicted octanol–water partition coefficient (Wildman–Crippen LogP) is 1.91. The van der Waals surface area contributed by atoms with E-state index in [1.165, 1.54) is 36.1 Å². The lowest BCUT2D eigenvalue weighted by atomic mass is 9.78. The zero-order valence-electron chi connectivity index (χ0n) is 17.5. The number of nitrogens with two attached hydrogens (primary N) is 1. The Morgan fingerprint density at radius 1 is 1.16 bits per heavy atom. The van der Waals surface area contributed by atoms with Gasteiger partial charge in [0, 0.05) is 25.1 Å². The molecule has 10 heteroatoms. The highest BCUT2D eigenvalue weighted by Crippen LogP contribution is 2.35. The first kappa shape index (κ1) is 22.7. The van der Waals surface area contributed by atoms with Gasteiger partial charge >= 0.3 is 6.09 Å². The fourth-order valence-corrected chi connectivity index (χ4v) is 3.53. The van der Waals surface area contributed by atoms with Crippen molar-refractivity contribution in [3.63, 3.8) is 0 Å². The van der Waals surface area contributed by atoms with Gasteiger partial charge in [-0.3, -0.25) is 24.6 Å². The third-order valence-electron chi connectivity index (χ3n) is 5.53. The molecule has 1 heterocycles. The molecule has 1 aliphatic heterocycles. The van der Waals surface area contributed by atoms with Crippen molar-refractivity contribution in [3.05, 3.63) is 75.8 Å². The summed E-state index contributed by atoms with van der Waals surface area (Å²) in [6, 6.07) is 14.0. The van der Waals surface area contributed by atoms with Gasteiger partial charge in [-0.1, -0.05) is 30.3 Å². The summed E-state index contributed by atoms with van der Waals surface area (Å²) < 4.78 is 5.37. The second-order valence-electron chi connectivity index (χ2n) is 7.67. The van der Waals surface area contributed by atoms with Crippen LogP contribution in [0.5, 0.6) is 0 Å². The molecular formula is C22H24N4O6. The molecule has 1 saturated heterocycles. The molecule has 0 saturated carbocycles. The van der Waals surface area contributed by atoms with Crippen LogP contribution in [0.3, 0.4) is 0 Å². The van der Waals surface area contributed by atoms with Gasteiger partial charge in [0.05, 0.1) is 4.92 Å². The van der Waals surface area contributed by atoms with E-state index in [1.807, 2.05) is 30.3 Å². The molecular weight excluding hydrogens is 416 g/mol. The monoisotopic (exact) mass is 440 g/mol. The Morgan fingerprint density at radius 2 is 1.81 bits per heavy atom. The lowest BCUT2D eigenvalue weighted by Gasteiger charge is -2.50. The minimum atomic E-state index is -1.21. The first-order valence-corrected chi connectivity index (χ1v) is 10.0. The van der Waals surface area contributed by atoms with E-state index in [0.717, 1.165) is 5.56 Å². The molecule has 32 heavy (non-hydrogen) atoms. The predicted molar refractivity (Wildman–Crippen MR) is 114 cm³/mol. The third-order valence-corrected chi connectivity index (χ3v) is 5.53. The van der Waals surface area contributed by atoms with Crippen LogP contribution in [0, 0.1) is 10.1 Å². The molecule has 0 aromatic heterocycles. The van der Waals surface area contributed by atoms with Gasteiger partial charge in [-0.25, -0.2) is 4.79 Å². The maximum absolute atomic E-state index is 13.1. The van der Waals surface area contributed by atoms with Gasteiger partial charge in [0.15, 0.2) is 0 Å². The number of amides is 3. The largest absolute Gasteiger partial charge is 0.445 e. The Balaban J connectivity index is 1.75. The number of benzene rings is 2. The fourth-order valence-electron chi connectivity index (χ4n) is 3.53. The van der Waals surface area contributed by atoms with Crippen LogP contribution in [0.4, 0.5) is 10.5 Å². The highest BCUT2D eigenvalue weighted by atomic mass is 16.6. The van der Waals surface area contributed by atoms with Gasteiger partial charge in [-0.2, -0.15) is 0 Å². The normalized spacial score (nSPS) is 18.2. The minimum Gasteiger partial charge on any atom is -0.445 e. The van der Waals surface area contributed by atoms with Crippen LogP contribution in [0.15, 0.2) is 54.6 Å². The molecule has 3 rings (SSSR count). The molecule has 2 atom stereocenters. The number of likely N-dealkylation sites (tertiary alicyclic amines) is 1. The summed E-state index contributed by atoms with van der Waals surface area (Å²) in [6.45, 7) is 1.69. The molecule has 1 aliphatic rings. The summed E-state index contributed by atoms with van der Waals surface area (Å²) in [5.74, 6) is -1.16. The Bertz CT molecular complexity index is 1010. The van der Waals surface area contributed by atoms with E-state index in [0.29, 0.717) is 18.5 Å². The van der Waals surface area contributed by atoms with Crippen LogP contribution < -0.4 is 11.1 Å². The number of nitro groups is 1. The second kappa shape index (κ2) is 9.46. The number of rotatable bonds is 8. The molecule has 0 radical (unpaired) electrons. The Kier molecular flexibility index (Phi) is 6.72. The Morgan fingerprint density at radius 3 is 2.34 bits per heavy atom. The lowest BCUT2D eigenvalue weighted by Crippen LogP contribution is -2.71. The van der Waals surface area contributed by atoms with Crippen molar-refractivity contribution in [2.75, 3.05) is 6.54 Å². The summed E-state index contributed by atoms with van der Waals surface area (Å²) in [5.41, 5.74) is 5.42. The number of ether oxygens (including phenoxy) is 1. The number of nitrogens with one attached hydrogen (secondary N) is 1. The SMILES string of the molecule is C[C@H](NC(=O)[C@]1(Cc2ccccc2)CCN1C(=O)OCc1ccc([N+](=O)[O-])cc1)C(N)=O. The van der Waals surface area contributed by atoms with E-state index in [-0.39, 0.29) is 18.7 Å². The summed E-state index contributed by atoms with van der Waals surface area (Å²) in [5, 5.41) is 13.4. The molecule has 0 bridgehead atoms. The van der Waals surface area contributed by atoms with Crippen molar-refractivity contribution in [1.82, 2.24) is 10.2 Å². The van der Waals surface area contributed by atoms with Gasteiger partial charge < -0.3 is 15.8 Å². The maximum atomic E-state index is 13.1.